The molecule has 0 spiro atoms. The highest BCUT2D eigenvalue weighted by Crippen LogP contribution is 2.28. The molecule has 0 bridgehead atoms. The van der Waals surface area contributed by atoms with Crippen LogP contribution in [0.4, 0.5) is 4.39 Å². The quantitative estimate of drug-likeness (QED) is 0.788. The van der Waals surface area contributed by atoms with Gasteiger partial charge in [-0.3, -0.25) is 4.79 Å². The van der Waals surface area contributed by atoms with Crippen molar-refractivity contribution in [3.05, 3.63) is 35.1 Å². The second kappa shape index (κ2) is 5.96. The van der Waals surface area contributed by atoms with Gasteiger partial charge in [-0.2, -0.15) is 0 Å². The number of benzene rings is 1. The predicted octanol–water partition coefficient (Wildman–Crippen LogP) is 2.29. The van der Waals surface area contributed by atoms with Gasteiger partial charge >= 0.3 is 0 Å². The Morgan fingerprint density at radius 2 is 2.28 bits per heavy atom. The SMILES string of the molecule is Cc1cc(C(=O)NCCOCC2CC2)ccc1F. The first-order chi connectivity index (χ1) is 8.66. The van der Waals surface area contributed by atoms with Gasteiger partial charge in [-0.25, -0.2) is 4.39 Å². The van der Waals surface area contributed by atoms with E-state index in [1.165, 1.54) is 25.0 Å². The monoisotopic (exact) mass is 251 g/mol. The molecule has 18 heavy (non-hydrogen) atoms. The van der Waals surface area contributed by atoms with Gasteiger partial charge in [0.25, 0.3) is 5.91 Å². The lowest BCUT2D eigenvalue weighted by molar-refractivity contribution is 0.0906. The molecule has 1 amide bonds. The van der Waals surface area contributed by atoms with Gasteiger partial charge in [0.1, 0.15) is 5.82 Å². The van der Waals surface area contributed by atoms with Crippen molar-refractivity contribution in [1.29, 1.82) is 0 Å². The van der Waals surface area contributed by atoms with Crippen LogP contribution in [0, 0.1) is 18.7 Å². The van der Waals surface area contributed by atoms with Crippen LogP contribution in [0.3, 0.4) is 0 Å². The summed E-state index contributed by atoms with van der Waals surface area (Å²) >= 11 is 0. The molecule has 0 aromatic heterocycles. The minimum Gasteiger partial charge on any atom is -0.379 e. The van der Waals surface area contributed by atoms with Crippen LogP contribution in [0.5, 0.6) is 0 Å². The second-order valence-electron chi connectivity index (χ2n) is 4.74. The van der Waals surface area contributed by atoms with Crippen molar-refractivity contribution in [1.82, 2.24) is 5.32 Å². The molecular weight excluding hydrogens is 233 g/mol. The van der Waals surface area contributed by atoms with Crippen molar-refractivity contribution in [3.63, 3.8) is 0 Å². The van der Waals surface area contributed by atoms with E-state index in [-0.39, 0.29) is 11.7 Å². The Hall–Kier alpha value is -1.42. The Morgan fingerprint density at radius 3 is 2.94 bits per heavy atom. The summed E-state index contributed by atoms with van der Waals surface area (Å²) in [7, 11) is 0. The molecule has 0 aliphatic heterocycles. The van der Waals surface area contributed by atoms with Crippen molar-refractivity contribution < 1.29 is 13.9 Å². The second-order valence-corrected chi connectivity index (χ2v) is 4.74. The van der Waals surface area contributed by atoms with Gasteiger partial charge in [0.05, 0.1) is 6.61 Å². The Morgan fingerprint density at radius 1 is 1.50 bits per heavy atom. The topological polar surface area (TPSA) is 38.3 Å². The maximum absolute atomic E-state index is 13.0. The smallest absolute Gasteiger partial charge is 0.251 e. The summed E-state index contributed by atoms with van der Waals surface area (Å²) in [4.78, 5) is 11.7. The number of halogens is 1. The number of aryl methyl sites for hydroxylation is 1. The van der Waals surface area contributed by atoms with Crippen LogP contribution in [0.2, 0.25) is 0 Å². The first-order valence-electron chi connectivity index (χ1n) is 6.29. The fraction of sp³-hybridized carbons (Fsp3) is 0.500. The number of hydrogen-bond acceptors (Lipinski definition) is 2. The summed E-state index contributed by atoms with van der Waals surface area (Å²) in [5.41, 5.74) is 0.962. The van der Waals surface area contributed by atoms with E-state index in [0.717, 1.165) is 12.5 Å². The molecule has 2 rings (SSSR count). The number of hydrogen-bond donors (Lipinski definition) is 1. The fourth-order valence-corrected chi connectivity index (χ4v) is 1.66. The molecule has 1 N–H and O–H groups in total. The summed E-state index contributed by atoms with van der Waals surface area (Å²) in [5.74, 6) is 0.257. The number of nitrogens with one attached hydrogen (secondary N) is 1. The minimum atomic E-state index is -0.292. The third-order valence-corrected chi connectivity index (χ3v) is 3.00. The highest BCUT2D eigenvalue weighted by molar-refractivity contribution is 5.94. The molecule has 1 aliphatic rings. The molecule has 3 nitrogen and oxygen atoms in total. The third-order valence-electron chi connectivity index (χ3n) is 3.00. The molecule has 1 aliphatic carbocycles. The molecule has 1 aromatic rings. The zero-order chi connectivity index (χ0) is 13.0. The average Bonchev–Trinajstić information content (AvgIpc) is 3.16. The van der Waals surface area contributed by atoms with Gasteiger partial charge in [0, 0.05) is 18.7 Å². The van der Waals surface area contributed by atoms with Crippen LogP contribution in [0.15, 0.2) is 18.2 Å². The number of amides is 1. The molecule has 98 valence electrons. The summed E-state index contributed by atoms with van der Waals surface area (Å²) in [5, 5.41) is 2.75. The first-order valence-corrected chi connectivity index (χ1v) is 6.29. The maximum atomic E-state index is 13.0. The molecule has 1 aromatic carbocycles. The van der Waals surface area contributed by atoms with Crippen molar-refractivity contribution in [2.45, 2.75) is 19.8 Å². The number of carbonyl (C=O) groups excluding carboxylic acids is 1. The lowest BCUT2D eigenvalue weighted by Crippen LogP contribution is -2.27. The summed E-state index contributed by atoms with van der Waals surface area (Å²) in [6.45, 7) is 3.46. The predicted molar refractivity (Wildman–Crippen MR) is 67.0 cm³/mol. The van der Waals surface area contributed by atoms with Gasteiger partial charge < -0.3 is 10.1 Å². The minimum absolute atomic E-state index is 0.187. The number of rotatable bonds is 6. The molecular formula is C14H18FNO2. The zero-order valence-corrected chi connectivity index (χ0v) is 10.5. The Kier molecular flexibility index (Phi) is 4.31. The van der Waals surface area contributed by atoms with Gasteiger partial charge in [-0.05, 0) is 49.4 Å². The van der Waals surface area contributed by atoms with Crippen molar-refractivity contribution in [2.24, 2.45) is 5.92 Å². The summed E-state index contributed by atoms with van der Waals surface area (Å²) in [6.07, 6.45) is 2.53. The molecule has 0 heterocycles. The van der Waals surface area contributed by atoms with E-state index in [0.29, 0.717) is 24.3 Å². The van der Waals surface area contributed by atoms with Gasteiger partial charge in [-0.15, -0.1) is 0 Å². The van der Waals surface area contributed by atoms with Crippen LogP contribution < -0.4 is 5.32 Å². The van der Waals surface area contributed by atoms with Crippen LogP contribution in [0.25, 0.3) is 0 Å². The Balaban J connectivity index is 1.70. The van der Waals surface area contributed by atoms with Crippen LogP contribution in [-0.4, -0.2) is 25.7 Å². The average molecular weight is 251 g/mol. The van der Waals surface area contributed by atoms with Crippen LogP contribution in [-0.2, 0) is 4.74 Å². The summed E-state index contributed by atoms with van der Waals surface area (Å²) in [6, 6.07) is 4.35. The van der Waals surface area contributed by atoms with Gasteiger partial charge in [-0.1, -0.05) is 0 Å². The van der Waals surface area contributed by atoms with Gasteiger partial charge in [0.15, 0.2) is 0 Å². The number of carbonyl (C=O) groups is 1. The first kappa shape index (κ1) is 13.0. The van der Waals surface area contributed by atoms with Crippen LogP contribution in [0.1, 0.15) is 28.8 Å². The normalized spacial score (nSPS) is 14.6. The van der Waals surface area contributed by atoms with Crippen molar-refractivity contribution in [3.8, 4) is 0 Å². The molecule has 0 saturated heterocycles. The highest BCUT2D eigenvalue weighted by atomic mass is 19.1. The van der Waals surface area contributed by atoms with E-state index in [1.807, 2.05) is 0 Å². The van der Waals surface area contributed by atoms with E-state index in [4.69, 9.17) is 4.74 Å². The van der Waals surface area contributed by atoms with Gasteiger partial charge in [0.2, 0.25) is 0 Å². The van der Waals surface area contributed by atoms with E-state index < -0.39 is 0 Å². The Bertz CT molecular complexity index is 430. The maximum Gasteiger partial charge on any atom is 0.251 e. The van der Waals surface area contributed by atoms with E-state index in [1.54, 1.807) is 13.0 Å². The van der Waals surface area contributed by atoms with E-state index >= 15 is 0 Å². The summed E-state index contributed by atoms with van der Waals surface area (Å²) < 4.78 is 18.5. The molecule has 4 heteroatoms. The molecule has 0 unspecified atom stereocenters. The van der Waals surface area contributed by atoms with Crippen molar-refractivity contribution >= 4 is 5.91 Å². The highest BCUT2D eigenvalue weighted by Gasteiger charge is 2.20. The lowest BCUT2D eigenvalue weighted by Gasteiger charge is -2.07. The largest absolute Gasteiger partial charge is 0.379 e. The number of ether oxygens (including phenoxy) is 1. The molecule has 1 fully saturated rings. The fourth-order valence-electron chi connectivity index (χ4n) is 1.66. The lowest BCUT2D eigenvalue weighted by atomic mass is 10.1. The molecule has 1 saturated carbocycles. The van der Waals surface area contributed by atoms with Crippen LogP contribution >= 0.6 is 0 Å². The zero-order valence-electron chi connectivity index (χ0n) is 10.5. The standard InChI is InChI=1S/C14H18FNO2/c1-10-8-12(4-5-13(10)15)14(17)16-6-7-18-9-11-2-3-11/h4-5,8,11H,2-3,6-7,9H2,1H3,(H,16,17). The molecule has 0 atom stereocenters. The van der Waals surface area contributed by atoms with E-state index in [2.05, 4.69) is 5.32 Å². The molecule has 0 radical (unpaired) electrons. The van der Waals surface area contributed by atoms with E-state index in [9.17, 15) is 9.18 Å². The Labute approximate surface area is 106 Å². The van der Waals surface area contributed by atoms with Crippen molar-refractivity contribution in [2.75, 3.05) is 19.8 Å². The third kappa shape index (κ3) is 3.81.